The van der Waals surface area contributed by atoms with E-state index in [0.717, 1.165) is 10.9 Å². The molecule has 0 aliphatic carbocycles. The lowest BCUT2D eigenvalue weighted by Gasteiger charge is -2.14. The van der Waals surface area contributed by atoms with E-state index in [1.54, 1.807) is 54.9 Å². The summed E-state index contributed by atoms with van der Waals surface area (Å²) in [5.41, 5.74) is 1.97. The second-order valence-electron chi connectivity index (χ2n) is 7.29. The molecule has 0 bridgehead atoms. The molecule has 33 heavy (non-hydrogen) atoms. The Labute approximate surface area is 188 Å². The van der Waals surface area contributed by atoms with Gasteiger partial charge in [0.15, 0.2) is 0 Å². The molecule has 0 atom stereocenters. The molecule has 0 radical (unpaired) electrons. The lowest BCUT2D eigenvalue weighted by Crippen LogP contribution is -2.23. The molecule has 2 aromatic carbocycles. The highest BCUT2D eigenvalue weighted by molar-refractivity contribution is 6.30. The molecule has 3 aromatic heterocycles. The molecule has 11 heteroatoms. The van der Waals surface area contributed by atoms with E-state index in [1.165, 1.54) is 10.8 Å². The van der Waals surface area contributed by atoms with Gasteiger partial charge in [-0.3, -0.25) is 14.5 Å². The summed E-state index contributed by atoms with van der Waals surface area (Å²) >= 11 is 6.00. The Morgan fingerprint density at radius 1 is 1.06 bits per heavy atom. The molecule has 0 aliphatic heterocycles. The third-order valence-electron chi connectivity index (χ3n) is 5.04. The average molecular weight is 471 g/mol. The fourth-order valence-electron chi connectivity index (χ4n) is 3.52. The summed E-state index contributed by atoms with van der Waals surface area (Å²) in [6.07, 6.45) is 0.151. The maximum absolute atomic E-state index is 13.6. The second-order valence-corrected chi connectivity index (χ2v) is 7.73. The van der Waals surface area contributed by atoms with Crippen molar-refractivity contribution in [3.05, 3.63) is 76.4 Å². The summed E-state index contributed by atoms with van der Waals surface area (Å²) in [4.78, 5) is 21.8. The topological polar surface area (TPSA) is 88.5 Å². The number of aromatic amines is 1. The first-order valence-corrected chi connectivity index (χ1v) is 10.1. The Hall–Kier alpha value is -3.92. The van der Waals surface area contributed by atoms with E-state index in [-0.39, 0.29) is 17.0 Å². The molecule has 3 heterocycles. The van der Waals surface area contributed by atoms with E-state index < -0.39 is 18.3 Å². The van der Waals surface area contributed by atoms with Crippen molar-refractivity contribution in [3.8, 4) is 16.8 Å². The van der Waals surface area contributed by atoms with Gasteiger partial charge in [0.1, 0.15) is 6.54 Å². The van der Waals surface area contributed by atoms with Gasteiger partial charge < -0.3 is 5.32 Å². The van der Waals surface area contributed by atoms with E-state index in [2.05, 4.69) is 25.5 Å². The molecule has 2 N–H and O–H groups in total. The number of nitrogens with zero attached hydrogens (tertiary/aromatic N) is 4. The molecule has 0 fully saturated rings. The molecule has 0 saturated heterocycles. The van der Waals surface area contributed by atoms with Gasteiger partial charge in [0.05, 0.1) is 22.8 Å². The predicted molar refractivity (Wildman–Crippen MR) is 120 cm³/mol. The smallest absolute Gasteiger partial charge is 0.345 e. The van der Waals surface area contributed by atoms with Crippen molar-refractivity contribution in [2.24, 2.45) is 0 Å². The third-order valence-corrected chi connectivity index (χ3v) is 5.29. The van der Waals surface area contributed by atoms with Crippen LogP contribution in [0, 0.1) is 0 Å². The standard InChI is InChI=1S/C22H14ClF3N6O/c23-15-3-1-12(2-4-15)18-19-14(8-27-21(30-19)28-11-22(24,25)26)10-32(20(18)33)16-5-6-17-13(7-16)9-29-31-17/h1-10H,11H2,(H,28,30)(H,29,31). The number of pyridine rings is 1. The molecule has 0 unspecified atom stereocenters. The number of nitrogens with one attached hydrogen (secondary N) is 2. The van der Waals surface area contributed by atoms with Crippen LogP contribution in [0.5, 0.6) is 0 Å². The summed E-state index contributed by atoms with van der Waals surface area (Å²) in [6, 6.07) is 11.9. The maximum Gasteiger partial charge on any atom is 0.405 e. The van der Waals surface area contributed by atoms with Crippen LogP contribution in [0.4, 0.5) is 19.1 Å². The van der Waals surface area contributed by atoms with Crippen LogP contribution >= 0.6 is 11.6 Å². The SMILES string of the molecule is O=c1c(-c2ccc(Cl)cc2)c2nc(NCC(F)(F)F)ncc2cn1-c1ccc2[nH]ncc2c1. The highest BCUT2D eigenvalue weighted by atomic mass is 35.5. The van der Waals surface area contributed by atoms with E-state index in [9.17, 15) is 18.0 Å². The van der Waals surface area contributed by atoms with Crippen molar-refractivity contribution in [2.45, 2.75) is 6.18 Å². The molecule has 5 rings (SSSR count). The number of hydrogen-bond donors (Lipinski definition) is 2. The highest BCUT2D eigenvalue weighted by Crippen LogP contribution is 2.27. The van der Waals surface area contributed by atoms with Gasteiger partial charge in [-0.15, -0.1) is 0 Å². The maximum atomic E-state index is 13.6. The molecule has 0 saturated carbocycles. The summed E-state index contributed by atoms with van der Waals surface area (Å²) in [5.74, 6) is -0.230. The minimum Gasteiger partial charge on any atom is -0.345 e. The van der Waals surface area contributed by atoms with Gasteiger partial charge in [0.25, 0.3) is 5.56 Å². The zero-order valence-corrected chi connectivity index (χ0v) is 17.4. The average Bonchev–Trinajstić information content (AvgIpc) is 3.25. The first kappa shape index (κ1) is 21.0. The Bertz CT molecular complexity index is 1540. The number of rotatable bonds is 4. The van der Waals surface area contributed by atoms with Gasteiger partial charge >= 0.3 is 6.18 Å². The van der Waals surface area contributed by atoms with Crippen LogP contribution in [-0.4, -0.2) is 37.5 Å². The van der Waals surface area contributed by atoms with Crippen LogP contribution in [0.25, 0.3) is 38.6 Å². The molecule has 0 amide bonds. The molecular weight excluding hydrogens is 457 g/mol. The van der Waals surface area contributed by atoms with Crippen LogP contribution < -0.4 is 10.9 Å². The third kappa shape index (κ3) is 4.12. The summed E-state index contributed by atoms with van der Waals surface area (Å²) in [6.45, 7) is -1.30. The quantitative estimate of drug-likeness (QED) is 0.388. The molecule has 5 aromatic rings. The fourth-order valence-corrected chi connectivity index (χ4v) is 3.64. The summed E-state index contributed by atoms with van der Waals surface area (Å²) < 4.78 is 39.4. The number of halogens is 4. The van der Waals surface area contributed by atoms with E-state index in [0.29, 0.717) is 21.7 Å². The minimum atomic E-state index is -4.44. The number of hydrogen-bond acceptors (Lipinski definition) is 5. The van der Waals surface area contributed by atoms with Gasteiger partial charge in [0, 0.05) is 33.9 Å². The van der Waals surface area contributed by atoms with Crippen molar-refractivity contribution in [3.63, 3.8) is 0 Å². The highest BCUT2D eigenvalue weighted by Gasteiger charge is 2.27. The zero-order chi connectivity index (χ0) is 23.2. The van der Waals surface area contributed by atoms with Crippen molar-refractivity contribution < 1.29 is 13.2 Å². The Morgan fingerprint density at radius 3 is 2.61 bits per heavy atom. The summed E-state index contributed by atoms with van der Waals surface area (Å²) in [5, 5.41) is 10.8. The van der Waals surface area contributed by atoms with Gasteiger partial charge in [-0.2, -0.15) is 18.3 Å². The summed E-state index contributed by atoms with van der Waals surface area (Å²) in [7, 11) is 0. The largest absolute Gasteiger partial charge is 0.405 e. The number of anilines is 1. The number of alkyl halides is 3. The fraction of sp³-hybridized carbons (Fsp3) is 0.0909. The molecule has 166 valence electrons. The number of fused-ring (bicyclic) bond motifs is 2. The Kier molecular flexibility index (Phi) is 5.01. The molecule has 0 aliphatic rings. The van der Waals surface area contributed by atoms with Gasteiger partial charge in [-0.1, -0.05) is 23.7 Å². The van der Waals surface area contributed by atoms with Crippen LogP contribution in [0.1, 0.15) is 0 Å². The Balaban J connectivity index is 1.73. The zero-order valence-electron chi connectivity index (χ0n) is 16.7. The second kappa shape index (κ2) is 7.89. The van der Waals surface area contributed by atoms with Crippen molar-refractivity contribution in [1.29, 1.82) is 0 Å². The number of benzene rings is 2. The normalized spacial score (nSPS) is 11.9. The molecular formula is C22H14ClF3N6O. The van der Waals surface area contributed by atoms with Crippen LogP contribution in [0.2, 0.25) is 5.02 Å². The van der Waals surface area contributed by atoms with Gasteiger partial charge in [-0.25, -0.2) is 9.97 Å². The Morgan fingerprint density at radius 2 is 1.85 bits per heavy atom. The monoisotopic (exact) mass is 470 g/mol. The van der Waals surface area contributed by atoms with E-state index in [1.807, 2.05) is 0 Å². The van der Waals surface area contributed by atoms with E-state index >= 15 is 0 Å². The minimum absolute atomic E-state index is 0.217. The van der Waals surface area contributed by atoms with Crippen molar-refractivity contribution >= 4 is 39.4 Å². The van der Waals surface area contributed by atoms with E-state index in [4.69, 9.17) is 11.6 Å². The lowest BCUT2D eigenvalue weighted by atomic mass is 10.0. The van der Waals surface area contributed by atoms with Crippen LogP contribution in [-0.2, 0) is 0 Å². The van der Waals surface area contributed by atoms with Crippen LogP contribution in [0.15, 0.2) is 65.8 Å². The lowest BCUT2D eigenvalue weighted by molar-refractivity contribution is -0.115. The van der Waals surface area contributed by atoms with Crippen LogP contribution in [0.3, 0.4) is 0 Å². The molecule has 0 spiro atoms. The molecule has 7 nitrogen and oxygen atoms in total. The van der Waals surface area contributed by atoms with Gasteiger partial charge in [0.2, 0.25) is 5.95 Å². The van der Waals surface area contributed by atoms with Crippen molar-refractivity contribution in [2.75, 3.05) is 11.9 Å². The number of H-pyrrole nitrogens is 1. The first-order chi connectivity index (χ1) is 15.8. The number of aromatic nitrogens is 5. The van der Waals surface area contributed by atoms with Gasteiger partial charge in [-0.05, 0) is 35.9 Å². The predicted octanol–water partition coefficient (Wildman–Crippen LogP) is 4.95. The first-order valence-electron chi connectivity index (χ1n) is 9.71. The van der Waals surface area contributed by atoms with Crippen molar-refractivity contribution in [1.82, 2.24) is 24.7 Å².